The number of nitrogens with one attached hydrogen (secondary N) is 1. The molecule has 8 heteroatoms. The lowest BCUT2D eigenvalue weighted by Crippen LogP contribution is -2.27. The minimum atomic E-state index is -3.63. The Hall–Kier alpha value is -2.22. The second kappa shape index (κ2) is 6.96. The van der Waals surface area contributed by atoms with Crippen LogP contribution in [-0.4, -0.2) is 33.6 Å². The summed E-state index contributed by atoms with van der Waals surface area (Å²) >= 11 is 0. The van der Waals surface area contributed by atoms with Crippen molar-refractivity contribution in [2.24, 2.45) is 0 Å². The molecule has 0 aromatic heterocycles. The van der Waals surface area contributed by atoms with Gasteiger partial charge >= 0.3 is 16.2 Å². The number of hydrogen-bond donors (Lipinski definition) is 1. The number of hydrogen-bond acceptors (Lipinski definition) is 5. The molecule has 0 bridgehead atoms. The fourth-order valence-electron chi connectivity index (χ4n) is 2.45. The first kappa shape index (κ1) is 19.1. The largest absolute Gasteiger partial charge is 0.444 e. The third-order valence-corrected chi connectivity index (χ3v) is 3.84. The molecule has 0 saturated heterocycles. The molecular formula is C17H22BNO5S. The van der Waals surface area contributed by atoms with Crippen LogP contribution >= 0.6 is 0 Å². The lowest BCUT2D eigenvalue weighted by molar-refractivity contribution is 0.0636. The molecule has 2 rings (SSSR count). The van der Waals surface area contributed by atoms with Crippen LogP contribution in [0.1, 0.15) is 20.8 Å². The van der Waals surface area contributed by atoms with Crippen LogP contribution in [0, 0.1) is 0 Å². The van der Waals surface area contributed by atoms with Crippen LogP contribution in [0.25, 0.3) is 10.8 Å². The predicted molar refractivity (Wildman–Crippen MR) is 102 cm³/mol. The number of carbonyl (C=O) groups is 1. The molecule has 0 spiro atoms. The van der Waals surface area contributed by atoms with Crippen LogP contribution in [0.5, 0.6) is 5.75 Å². The van der Waals surface area contributed by atoms with Gasteiger partial charge in [-0.05, 0) is 44.4 Å². The average molecular weight is 363 g/mol. The van der Waals surface area contributed by atoms with Crippen LogP contribution in [-0.2, 0) is 14.9 Å². The summed E-state index contributed by atoms with van der Waals surface area (Å²) in [5.41, 5.74) is 0.990. The van der Waals surface area contributed by atoms with Crippen molar-refractivity contribution in [2.75, 3.05) is 11.6 Å². The van der Waals surface area contributed by atoms with Crippen molar-refractivity contribution in [1.82, 2.24) is 0 Å². The Morgan fingerprint density at radius 2 is 1.80 bits per heavy atom. The molecule has 0 unspecified atom stereocenters. The number of rotatable bonds is 4. The van der Waals surface area contributed by atoms with Crippen LogP contribution in [0.4, 0.5) is 10.5 Å². The van der Waals surface area contributed by atoms with Crippen molar-refractivity contribution in [3.63, 3.8) is 0 Å². The minimum Gasteiger partial charge on any atom is -0.444 e. The number of ether oxygens (including phenoxy) is 1. The molecule has 2 aromatic rings. The summed E-state index contributed by atoms with van der Waals surface area (Å²) in [6.07, 6.45) is 0.409. The molecule has 0 aliphatic carbocycles. The van der Waals surface area contributed by atoms with E-state index < -0.39 is 21.8 Å². The van der Waals surface area contributed by atoms with Crippen LogP contribution in [0.15, 0.2) is 30.3 Å². The van der Waals surface area contributed by atoms with E-state index in [0.717, 1.165) is 24.4 Å². The van der Waals surface area contributed by atoms with Gasteiger partial charge in [0, 0.05) is 5.39 Å². The highest BCUT2D eigenvalue weighted by Crippen LogP contribution is 2.27. The van der Waals surface area contributed by atoms with Crippen molar-refractivity contribution in [3.8, 4) is 5.75 Å². The van der Waals surface area contributed by atoms with Crippen LogP contribution < -0.4 is 15.0 Å². The topological polar surface area (TPSA) is 81.7 Å². The lowest BCUT2D eigenvalue weighted by Gasteiger charge is -2.20. The summed E-state index contributed by atoms with van der Waals surface area (Å²) in [5.74, 6) is 0.190. The summed E-state index contributed by atoms with van der Waals surface area (Å²) in [7, 11) is -2.83. The van der Waals surface area contributed by atoms with Gasteiger partial charge in [-0.1, -0.05) is 24.4 Å². The van der Waals surface area contributed by atoms with E-state index in [1.807, 2.05) is 12.9 Å². The molecule has 1 N–H and O–H groups in total. The average Bonchev–Trinajstić information content (AvgIpc) is 2.44. The van der Waals surface area contributed by atoms with E-state index in [0.29, 0.717) is 11.1 Å². The van der Waals surface area contributed by atoms with Crippen molar-refractivity contribution in [1.29, 1.82) is 0 Å². The highest BCUT2D eigenvalue weighted by molar-refractivity contribution is 7.86. The highest BCUT2D eigenvalue weighted by Gasteiger charge is 2.18. The summed E-state index contributed by atoms with van der Waals surface area (Å²) in [6.45, 7) is 7.37. The first-order chi connectivity index (χ1) is 11.5. The zero-order valence-corrected chi connectivity index (χ0v) is 15.9. The van der Waals surface area contributed by atoms with Gasteiger partial charge in [-0.25, -0.2) is 4.79 Å². The third-order valence-electron chi connectivity index (χ3n) is 3.34. The van der Waals surface area contributed by atoms with E-state index in [-0.39, 0.29) is 5.75 Å². The van der Waals surface area contributed by atoms with E-state index in [1.165, 1.54) is 0 Å². The third kappa shape index (κ3) is 5.39. The molecular weight excluding hydrogens is 341 g/mol. The Bertz CT molecular complexity index is 903. The molecule has 6 nitrogen and oxygen atoms in total. The molecule has 2 aromatic carbocycles. The molecule has 0 aliphatic heterocycles. The second-order valence-corrected chi connectivity index (χ2v) is 8.32. The summed E-state index contributed by atoms with van der Waals surface area (Å²) < 4.78 is 33.0. The molecule has 0 radical (unpaired) electrons. The molecule has 0 atom stereocenters. The van der Waals surface area contributed by atoms with Gasteiger partial charge in [-0.2, -0.15) is 8.42 Å². The number of amides is 1. The second-order valence-electron chi connectivity index (χ2n) is 6.75. The van der Waals surface area contributed by atoms with Crippen molar-refractivity contribution < 1.29 is 22.1 Å². The maximum Gasteiger partial charge on any atom is 0.412 e. The molecule has 0 heterocycles. The molecule has 134 valence electrons. The Balaban J connectivity index is 2.48. The lowest BCUT2D eigenvalue weighted by atomic mass is 9.71. The van der Waals surface area contributed by atoms with Gasteiger partial charge in [0.05, 0.1) is 11.9 Å². The molecule has 1 amide bonds. The van der Waals surface area contributed by atoms with Crippen molar-refractivity contribution in [3.05, 3.63) is 30.3 Å². The van der Waals surface area contributed by atoms with Crippen molar-refractivity contribution in [2.45, 2.75) is 33.2 Å². The molecule has 0 aliphatic rings. The number of anilines is 1. The fourth-order valence-corrected chi connectivity index (χ4v) is 2.90. The van der Waals surface area contributed by atoms with Gasteiger partial charge in [-0.15, -0.1) is 0 Å². The monoisotopic (exact) mass is 363 g/mol. The van der Waals surface area contributed by atoms with Crippen LogP contribution in [0.2, 0.25) is 6.82 Å². The van der Waals surface area contributed by atoms with Gasteiger partial charge in [0.1, 0.15) is 11.4 Å². The predicted octanol–water partition coefficient (Wildman–Crippen LogP) is 2.64. The van der Waals surface area contributed by atoms with Crippen molar-refractivity contribution >= 4 is 45.4 Å². The first-order valence-corrected chi connectivity index (χ1v) is 9.75. The Morgan fingerprint density at radius 1 is 1.12 bits per heavy atom. The van der Waals surface area contributed by atoms with Gasteiger partial charge in [0.2, 0.25) is 0 Å². The van der Waals surface area contributed by atoms with Gasteiger partial charge in [0.15, 0.2) is 7.28 Å². The van der Waals surface area contributed by atoms with E-state index in [9.17, 15) is 13.2 Å². The highest BCUT2D eigenvalue weighted by atomic mass is 32.2. The van der Waals surface area contributed by atoms with Gasteiger partial charge in [0.25, 0.3) is 0 Å². The van der Waals surface area contributed by atoms with E-state index >= 15 is 0 Å². The molecule has 0 fully saturated rings. The quantitative estimate of drug-likeness (QED) is 0.667. The van der Waals surface area contributed by atoms with E-state index in [2.05, 4.69) is 5.32 Å². The number of benzene rings is 2. The van der Waals surface area contributed by atoms with E-state index in [4.69, 9.17) is 8.92 Å². The molecule has 0 saturated carbocycles. The SMILES string of the molecule is CBc1ccc(NC(=O)OC(C)(C)C)c2cc(OS(C)(=O)=O)ccc12. The number of carbonyl (C=O) groups excluding carboxylic acids is 1. The zero-order chi connectivity index (χ0) is 18.8. The maximum absolute atomic E-state index is 12.1. The minimum absolute atomic E-state index is 0.190. The normalized spacial score (nSPS) is 11.9. The fraction of sp³-hybridized carbons (Fsp3) is 0.353. The summed E-state index contributed by atoms with van der Waals surface area (Å²) in [4.78, 5) is 12.1. The standard InChI is InChI=1S/C17H22BNO5S/c1-17(2,3)23-16(20)19-15-9-8-14(18-4)12-7-6-11(10-13(12)15)24-25(5,21)22/h6-10,18H,1-5H3,(H,19,20). The summed E-state index contributed by atoms with van der Waals surface area (Å²) in [5, 5.41) is 4.32. The summed E-state index contributed by atoms with van der Waals surface area (Å²) in [6, 6.07) is 8.68. The smallest absolute Gasteiger partial charge is 0.412 e. The number of fused-ring (bicyclic) bond motifs is 1. The first-order valence-electron chi connectivity index (χ1n) is 7.93. The van der Waals surface area contributed by atoms with Crippen LogP contribution in [0.3, 0.4) is 0 Å². The zero-order valence-electron chi connectivity index (χ0n) is 15.0. The Morgan fingerprint density at radius 3 is 2.36 bits per heavy atom. The van der Waals surface area contributed by atoms with Gasteiger partial charge < -0.3 is 8.92 Å². The molecule has 25 heavy (non-hydrogen) atoms. The maximum atomic E-state index is 12.1. The van der Waals surface area contributed by atoms with E-state index in [1.54, 1.807) is 45.0 Å². The van der Waals surface area contributed by atoms with Gasteiger partial charge in [-0.3, -0.25) is 5.32 Å². The Labute approximate surface area is 148 Å². The Kier molecular flexibility index (Phi) is 5.32.